The Bertz CT molecular complexity index is 681. The number of benzene rings is 1. The van der Waals surface area contributed by atoms with Gasteiger partial charge in [0.25, 0.3) is 0 Å². The van der Waals surface area contributed by atoms with E-state index in [0.717, 1.165) is 16.9 Å². The van der Waals surface area contributed by atoms with Crippen molar-refractivity contribution in [2.75, 3.05) is 0 Å². The zero-order valence-electron chi connectivity index (χ0n) is 12.5. The van der Waals surface area contributed by atoms with Crippen molar-refractivity contribution in [2.24, 2.45) is 23.7 Å². The highest BCUT2D eigenvalue weighted by Crippen LogP contribution is 2.52. The highest BCUT2D eigenvalue weighted by Gasteiger charge is 2.61. The fraction of sp³-hybridized carbons (Fsp3) is 0.389. The Morgan fingerprint density at radius 2 is 1.65 bits per heavy atom. The highest BCUT2D eigenvalue weighted by atomic mass is 16.4. The number of allylic oxidation sites excluding steroid dienone is 2. The molecule has 1 aromatic carbocycles. The molecule has 4 rings (SSSR count). The van der Waals surface area contributed by atoms with Crippen LogP contribution in [-0.2, 0) is 20.8 Å². The summed E-state index contributed by atoms with van der Waals surface area (Å²) < 4.78 is 0. The Kier molecular flexibility index (Phi) is 3.11. The van der Waals surface area contributed by atoms with E-state index in [1.165, 1.54) is 0 Å². The second-order valence-electron chi connectivity index (χ2n) is 6.59. The third kappa shape index (κ3) is 2.03. The minimum absolute atomic E-state index is 0.0950. The molecule has 118 valence electrons. The molecule has 2 amide bonds. The molecule has 1 saturated heterocycles. The summed E-state index contributed by atoms with van der Waals surface area (Å²) in [4.78, 5) is 38.2. The standard InChI is InChI=1S/C18H17NO4/c20-16-14-11-6-7-12(9-11)15(14)17(21)19(16)13(18(22)23)8-10-4-2-1-3-5-10/h1-7,11-15H,8-9H2,(H,22,23)/t11-,12-,13-,14+,15+/m0/s1. The zero-order valence-corrected chi connectivity index (χ0v) is 12.5. The number of imide groups is 1. The molecule has 0 spiro atoms. The van der Waals surface area contributed by atoms with Gasteiger partial charge in [-0.1, -0.05) is 42.5 Å². The first-order valence-corrected chi connectivity index (χ1v) is 7.90. The van der Waals surface area contributed by atoms with Crippen LogP contribution >= 0.6 is 0 Å². The maximum Gasteiger partial charge on any atom is 0.327 e. The van der Waals surface area contributed by atoms with Crippen LogP contribution in [0.2, 0.25) is 0 Å². The second-order valence-corrected chi connectivity index (χ2v) is 6.59. The summed E-state index contributed by atoms with van der Waals surface area (Å²) in [5.74, 6) is -2.25. The number of carbonyl (C=O) groups is 3. The summed E-state index contributed by atoms with van der Waals surface area (Å²) in [5.41, 5.74) is 0.804. The summed E-state index contributed by atoms with van der Waals surface area (Å²) in [5, 5.41) is 9.58. The molecule has 5 heteroatoms. The molecule has 2 aliphatic carbocycles. The lowest BCUT2D eigenvalue weighted by Gasteiger charge is -2.24. The van der Waals surface area contributed by atoms with E-state index in [4.69, 9.17) is 0 Å². The molecule has 0 radical (unpaired) electrons. The van der Waals surface area contributed by atoms with Crippen LogP contribution in [0.5, 0.6) is 0 Å². The van der Waals surface area contributed by atoms with Gasteiger partial charge in [0.05, 0.1) is 11.8 Å². The molecule has 1 aliphatic heterocycles. The van der Waals surface area contributed by atoms with Gasteiger partial charge in [-0.25, -0.2) is 4.79 Å². The molecule has 1 heterocycles. The van der Waals surface area contributed by atoms with Gasteiger partial charge in [0.2, 0.25) is 11.8 Å². The van der Waals surface area contributed by atoms with Gasteiger partial charge in [-0.2, -0.15) is 0 Å². The molecule has 23 heavy (non-hydrogen) atoms. The zero-order chi connectivity index (χ0) is 16.1. The number of carbonyl (C=O) groups excluding carboxylic acids is 2. The number of fused-ring (bicyclic) bond motifs is 5. The predicted molar refractivity (Wildman–Crippen MR) is 81.1 cm³/mol. The van der Waals surface area contributed by atoms with E-state index in [9.17, 15) is 19.5 Å². The van der Waals surface area contributed by atoms with Crippen molar-refractivity contribution in [2.45, 2.75) is 18.9 Å². The van der Waals surface area contributed by atoms with Crippen LogP contribution in [0.4, 0.5) is 0 Å². The maximum atomic E-state index is 12.7. The Balaban J connectivity index is 1.64. The fourth-order valence-electron chi connectivity index (χ4n) is 4.36. The molecule has 3 aliphatic rings. The number of amides is 2. The van der Waals surface area contributed by atoms with Gasteiger partial charge in [0.15, 0.2) is 0 Å². The van der Waals surface area contributed by atoms with E-state index >= 15 is 0 Å². The minimum Gasteiger partial charge on any atom is -0.480 e. The first-order chi connectivity index (χ1) is 11.1. The van der Waals surface area contributed by atoms with Crippen molar-refractivity contribution in [3.05, 3.63) is 48.0 Å². The number of carboxylic acid groups (broad SMARTS) is 1. The molecule has 0 unspecified atom stereocenters. The topological polar surface area (TPSA) is 74.7 Å². The van der Waals surface area contributed by atoms with Crippen LogP contribution in [0.25, 0.3) is 0 Å². The lowest BCUT2D eigenvalue weighted by molar-refractivity contribution is -0.155. The fourth-order valence-corrected chi connectivity index (χ4v) is 4.36. The van der Waals surface area contributed by atoms with Crippen molar-refractivity contribution in [3.8, 4) is 0 Å². The Morgan fingerprint density at radius 1 is 1.09 bits per heavy atom. The number of aliphatic carboxylic acids is 1. The van der Waals surface area contributed by atoms with E-state index in [2.05, 4.69) is 0 Å². The predicted octanol–water partition coefficient (Wildman–Crippen LogP) is 1.49. The first kappa shape index (κ1) is 14.2. The molecular formula is C18H17NO4. The van der Waals surface area contributed by atoms with Crippen LogP contribution in [0.15, 0.2) is 42.5 Å². The van der Waals surface area contributed by atoms with Gasteiger partial charge in [0, 0.05) is 6.42 Å². The average Bonchev–Trinajstić information content (AvgIpc) is 3.21. The maximum absolute atomic E-state index is 12.7. The van der Waals surface area contributed by atoms with Crippen LogP contribution in [0.3, 0.4) is 0 Å². The van der Waals surface area contributed by atoms with Crippen molar-refractivity contribution >= 4 is 17.8 Å². The molecule has 5 atom stereocenters. The quantitative estimate of drug-likeness (QED) is 0.675. The second kappa shape index (κ2) is 5.05. The van der Waals surface area contributed by atoms with Gasteiger partial charge in [0.1, 0.15) is 6.04 Å². The summed E-state index contributed by atoms with van der Waals surface area (Å²) in [6.07, 6.45) is 5.01. The molecule has 2 bridgehead atoms. The smallest absolute Gasteiger partial charge is 0.327 e. The van der Waals surface area contributed by atoms with E-state index in [1.54, 1.807) is 0 Å². The van der Waals surface area contributed by atoms with Crippen LogP contribution in [0, 0.1) is 23.7 Å². The van der Waals surface area contributed by atoms with E-state index in [-0.39, 0.29) is 41.9 Å². The number of hydrogen-bond donors (Lipinski definition) is 1. The van der Waals surface area contributed by atoms with Crippen LogP contribution < -0.4 is 0 Å². The Morgan fingerprint density at radius 3 is 2.17 bits per heavy atom. The van der Waals surface area contributed by atoms with Gasteiger partial charge >= 0.3 is 5.97 Å². The first-order valence-electron chi connectivity index (χ1n) is 7.90. The summed E-state index contributed by atoms with van der Waals surface area (Å²) >= 11 is 0. The molecule has 2 fully saturated rings. The van der Waals surface area contributed by atoms with E-state index < -0.39 is 12.0 Å². The normalized spacial score (nSPS) is 32.4. The summed E-state index contributed by atoms with van der Waals surface area (Å²) in [6.45, 7) is 0. The van der Waals surface area contributed by atoms with Crippen LogP contribution in [0.1, 0.15) is 12.0 Å². The number of rotatable bonds is 4. The van der Waals surface area contributed by atoms with Crippen molar-refractivity contribution in [1.29, 1.82) is 0 Å². The number of carboxylic acids is 1. The van der Waals surface area contributed by atoms with Crippen LogP contribution in [-0.4, -0.2) is 33.8 Å². The molecule has 1 aromatic rings. The van der Waals surface area contributed by atoms with Gasteiger partial charge in [-0.3, -0.25) is 14.5 Å². The molecule has 5 nitrogen and oxygen atoms in total. The van der Waals surface area contributed by atoms with Gasteiger partial charge < -0.3 is 5.11 Å². The largest absolute Gasteiger partial charge is 0.480 e. The molecule has 0 aromatic heterocycles. The highest BCUT2D eigenvalue weighted by molar-refractivity contribution is 6.08. The molecule has 1 N–H and O–H groups in total. The van der Waals surface area contributed by atoms with Crippen molar-refractivity contribution in [1.82, 2.24) is 4.90 Å². The molecular weight excluding hydrogens is 294 g/mol. The monoisotopic (exact) mass is 311 g/mol. The SMILES string of the molecule is O=C(O)[C@H](Cc1ccccc1)N1C(=O)[C@H]2[C@H](C1=O)[C@H]1C=C[C@H]2C1. The third-order valence-electron chi connectivity index (χ3n) is 5.37. The lowest BCUT2D eigenvalue weighted by Crippen LogP contribution is -2.47. The number of likely N-dealkylation sites (tertiary alicyclic amines) is 1. The number of nitrogens with zero attached hydrogens (tertiary/aromatic N) is 1. The van der Waals surface area contributed by atoms with Gasteiger partial charge in [-0.05, 0) is 23.8 Å². The minimum atomic E-state index is -1.13. The average molecular weight is 311 g/mol. The van der Waals surface area contributed by atoms with Gasteiger partial charge in [-0.15, -0.1) is 0 Å². The van der Waals surface area contributed by atoms with Crippen molar-refractivity contribution < 1.29 is 19.5 Å². The van der Waals surface area contributed by atoms with E-state index in [1.807, 2.05) is 42.5 Å². The molecule has 1 saturated carbocycles. The third-order valence-corrected chi connectivity index (χ3v) is 5.37. The lowest BCUT2D eigenvalue weighted by atomic mass is 9.85. The summed E-state index contributed by atoms with van der Waals surface area (Å²) in [7, 11) is 0. The Labute approximate surface area is 133 Å². The summed E-state index contributed by atoms with van der Waals surface area (Å²) in [6, 6.07) is 7.99. The Hall–Kier alpha value is -2.43. The van der Waals surface area contributed by atoms with E-state index in [0.29, 0.717) is 0 Å². The van der Waals surface area contributed by atoms with Crippen molar-refractivity contribution in [3.63, 3.8) is 0 Å². The number of hydrogen-bond acceptors (Lipinski definition) is 3.